The number of anilines is 2. The molecule has 3 N–H and O–H groups in total. The minimum Gasteiger partial charge on any atom is -0.393 e. The number of aliphatic hydroxyl groups excluding tert-OH is 1. The molecular formula is C11H16N4O3. The molecule has 0 radical (unpaired) electrons. The lowest BCUT2D eigenvalue weighted by Gasteiger charge is -2.34. The normalized spacial score (nSPS) is 24.0. The van der Waals surface area contributed by atoms with Gasteiger partial charge in [0.15, 0.2) is 0 Å². The molecule has 2 unspecified atom stereocenters. The SMILES string of the molecule is CC1CN(c2nc(N)ccc2[N+](=O)[O-])CCC1O. The maximum absolute atomic E-state index is 11.0. The van der Waals surface area contributed by atoms with Crippen LogP contribution in [-0.2, 0) is 0 Å². The standard InChI is InChI=1S/C11H16N4O3/c1-7-6-14(5-4-9(7)16)11-8(15(17)18)2-3-10(12)13-11/h2-3,7,9,16H,4-6H2,1H3,(H2,12,13). The van der Waals surface area contributed by atoms with E-state index in [1.165, 1.54) is 12.1 Å². The van der Waals surface area contributed by atoms with Gasteiger partial charge in [-0.2, -0.15) is 0 Å². The molecule has 98 valence electrons. The highest BCUT2D eigenvalue weighted by atomic mass is 16.6. The number of nitrogen functional groups attached to an aromatic ring is 1. The average molecular weight is 252 g/mol. The lowest BCUT2D eigenvalue weighted by atomic mass is 9.97. The number of pyridine rings is 1. The van der Waals surface area contributed by atoms with Crippen molar-refractivity contribution >= 4 is 17.3 Å². The Morgan fingerprint density at radius 3 is 2.94 bits per heavy atom. The van der Waals surface area contributed by atoms with E-state index in [4.69, 9.17) is 5.73 Å². The summed E-state index contributed by atoms with van der Waals surface area (Å²) >= 11 is 0. The van der Waals surface area contributed by atoms with Gasteiger partial charge in [0.2, 0.25) is 5.82 Å². The molecule has 0 saturated carbocycles. The molecule has 0 aromatic carbocycles. The van der Waals surface area contributed by atoms with Crippen LogP contribution in [0.5, 0.6) is 0 Å². The highest BCUT2D eigenvalue weighted by molar-refractivity contribution is 5.61. The Hall–Kier alpha value is -1.89. The Balaban J connectivity index is 2.32. The third-order valence-corrected chi connectivity index (χ3v) is 3.23. The van der Waals surface area contributed by atoms with E-state index in [-0.39, 0.29) is 23.5 Å². The van der Waals surface area contributed by atoms with Crippen LogP contribution < -0.4 is 10.6 Å². The highest BCUT2D eigenvalue weighted by Gasteiger charge is 2.29. The van der Waals surface area contributed by atoms with E-state index in [0.717, 1.165) is 0 Å². The fraction of sp³-hybridized carbons (Fsp3) is 0.545. The molecule has 18 heavy (non-hydrogen) atoms. The molecule has 1 aliphatic rings. The van der Waals surface area contributed by atoms with Crippen molar-refractivity contribution < 1.29 is 10.0 Å². The van der Waals surface area contributed by atoms with E-state index in [2.05, 4.69) is 4.98 Å². The minimum absolute atomic E-state index is 0.0483. The van der Waals surface area contributed by atoms with E-state index in [1.807, 2.05) is 11.8 Å². The largest absolute Gasteiger partial charge is 0.393 e. The summed E-state index contributed by atoms with van der Waals surface area (Å²) in [6, 6.07) is 2.79. The fourth-order valence-electron chi connectivity index (χ4n) is 2.16. The van der Waals surface area contributed by atoms with Crippen molar-refractivity contribution in [2.24, 2.45) is 5.92 Å². The van der Waals surface area contributed by atoms with Crippen LogP contribution in [0.25, 0.3) is 0 Å². The number of hydrogen-bond acceptors (Lipinski definition) is 6. The molecule has 1 aromatic heterocycles. The zero-order valence-corrected chi connectivity index (χ0v) is 10.1. The van der Waals surface area contributed by atoms with Crippen LogP contribution in [0.2, 0.25) is 0 Å². The lowest BCUT2D eigenvalue weighted by Crippen LogP contribution is -2.42. The maximum Gasteiger partial charge on any atom is 0.311 e. The van der Waals surface area contributed by atoms with Gasteiger partial charge in [-0.25, -0.2) is 4.98 Å². The van der Waals surface area contributed by atoms with Gasteiger partial charge in [-0.05, 0) is 18.4 Å². The topological polar surface area (TPSA) is 106 Å². The number of piperidine rings is 1. The molecule has 0 amide bonds. The second-order valence-electron chi connectivity index (χ2n) is 4.62. The molecule has 1 saturated heterocycles. The number of aromatic nitrogens is 1. The van der Waals surface area contributed by atoms with E-state index in [9.17, 15) is 15.2 Å². The first-order chi connectivity index (χ1) is 8.49. The third kappa shape index (κ3) is 2.35. The molecular weight excluding hydrogens is 236 g/mol. The lowest BCUT2D eigenvalue weighted by molar-refractivity contribution is -0.384. The van der Waals surface area contributed by atoms with Gasteiger partial charge in [0.25, 0.3) is 0 Å². The molecule has 1 aromatic rings. The predicted molar refractivity (Wildman–Crippen MR) is 67.3 cm³/mol. The second-order valence-corrected chi connectivity index (χ2v) is 4.62. The predicted octanol–water partition coefficient (Wildman–Crippen LogP) is 0.779. The minimum atomic E-state index is -0.461. The van der Waals surface area contributed by atoms with Gasteiger partial charge >= 0.3 is 5.69 Å². The maximum atomic E-state index is 11.0. The van der Waals surface area contributed by atoms with Gasteiger partial charge in [-0.3, -0.25) is 10.1 Å². The zero-order valence-electron chi connectivity index (χ0n) is 10.1. The van der Waals surface area contributed by atoms with Crippen LogP contribution >= 0.6 is 0 Å². The van der Waals surface area contributed by atoms with E-state index in [0.29, 0.717) is 25.3 Å². The molecule has 1 aliphatic heterocycles. The molecule has 2 rings (SSSR count). The van der Waals surface area contributed by atoms with Crippen molar-refractivity contribution in [1.29, 1.82) is 0 Å². The summed E-state index contributed by atoms with van der Waals surface area (Å²) in [4.78, 5) is 16.4. The first kappa shape index (κ1) is 12.6. The number of hydrogen-bond donors (Lipinski definition) is 2. The quantitative estimate of drug-likeness (QED) is 0.595. The molecule has 7 nitrogen and oxygen atoms in total. The summed E-state index contributed by atoms with van der Waals surface area (Å²) in [5.41, 5.74) is 5.54. The zero-order chi connectivity index (χ0) is 13.3. The van der Waals surface area contributed by atoms with Gasteiger partial charge in [0, 0.05) is 19.2 Å². The van der Waals surface area contributed by atoms with Crippen LogP contribution in [-0.4, -0.2) is 34.2 Å². The van der Waals surface area contributed by atoms with E-state index < -0.39 is 4.92 Å². The second kappa shape index (κ2) is 4.77. The van der Waals surface area contributed by atoms with Crippen molar-refractivity contribution in [1.82, 2.24) is 4.98 Å². The van der Waals surface area contributed by atoms with Crippen LogP contribution in [0.1, 0.15) is 13.3 Å². The summed E-state index contributed by atoms with van der Waals surface area (Å²) < 4.78 is 0. The van der Waals surface area contributed by atoms with Gasteiger partial charge in [0.1, 0.15) is 5.82 Å². The first-order valence-corrected chi connectivity index (χ1v) is 5.83. The van der Waals surface area contributed by atoms with Crippen molar-refractivity contribution in [3.8, 4) is 0 Å². The van der Waals surface area contributed by atoms with Crippen molar-refractivity contribution in [2.75, 3.05) is 23.7 Å². The average Bonchev–Trinajstić information content (AvgIpc) is 2.32. The van der Waals surface area contributed by atoms with Crippen molar-refractivity contribution in [3.63, 3.8) is 0 Å². The summed E-state index contributed by atoms with van der Waals surface area (Å²) in [5, 5.41) is 20.6. The highest BCUT2D eigenvalue weighted by Crippen LogP contribution is 2.30. The fourth-order valence-corrected chi connectivity index (χ4v) is 2.16. The van der Waals surface area contributed by atoms with Crippen LogP contribution in [0, 0.1) is 16.0 Å². The van der Waals surface area contributed by atoms with E-state index >= 15 is 0 Å². The number of aliphatic hydroxyl groups is 1. The van der Waals surface area contributed by atoms with Crippen LogP contribution in [0.3, 0.4) is 0 Å². The van der Waals surface area contributed by atoms with E-state index in [1.54, 1.807) is 0 Å². The Kier molecular flexibility index (Phi) is 3.33. The number of nitro groups is 1. The van der Waals surface area contributed by atoms with Gasteiger partial charge < -0.3 is 15.7 Å². The molecule has 0 spiro atoms. The third-order valence-electron chi connectivity index (χ3n) is 3.23. The molecule has 0 bridgehead atoms. The van der Waals surface area contributed by atoms with Gasteiger partial charge in [0.05, 0.1) is 11.0 Å². The molecule has 7 heteroatoms. The summed E-state index contributed by atoms with van der Waals surface area (Å²) in [5.74, 6) is 0.606. The number of nitrogens with two attached hydrogens (primary N) is 1. The molecule has 0 aliphatic carbocycles. The smallest absolute Gasteiger partial charge is 0.311 e. The Morgan fingerprint density at radius 2 is 2.33 bits per heavy atom. The van der Waals surface area contributed by atoms with Crippen LogP contribution in [0.4, 0.5) is 17.3 Å². The van der Waals surface area contributed by atoms with Crippen molar-refractivity contribution in [2.45, 2.75) is 19.4 Å². The summed E-state index contributed by atoms with van der Waals surface area (Å²) in [6.45, 7) is 3.00. The summed E-state index contributed by atoms with van der Waals surface area (Å²) in [6.07, 6.45) is 0.218. The molecule has 1 fully saturated rings. The Labute approximate surface area is 104 Å². The number of rotatable bonds is 2. The number of nitrogens with zero attached hydrogens (tertiary/aromatic N) is 3. The Bertz CT molecular complexity index is 466. The summed E-state index contributed by atoms with van der Waals surface area (Å²) in [7, 11) is 0. The van der Waals surface area contributed by atoms with Gasteiger partial charge in [-0.1, -0.05) is 6.92 Å². The van der Waals surface area contributed by atoms with Gasteiger partial charge in [-0.15, -0.1) is 0 Å². The first-order valence-electron chi connectivity index (χ1n) is 5.83. The Morgan fingerprint density at radius 1 is 1.61 bits per heavy atom. The monoisotopic (exact) mass is 252 g/mol. The molecule has 2 atom stereocenters. The van der Waals surface area contributed by atoms with Crippen molar-refractivity contribution in [3.05, 3.63) is 22.2 Å². The molecule has 2 heterocycles. The van der Waals surface area contributed by atoms with Crippen LogP contribution in [0.15, 0.2) is 12.1 Å².